The minimum atomic E-state index is -0.845. The van der Waals surface area contributed by atoms with E-state index in [9.17, 15) is 14.4 Å². The van der Waals surface area contributed by atoms with E-state index in [0.29, 0.717) is 13.1 Å². The van der Waals surface area contributed by atoms with Gasteiger partial charge in [0.25, 0.3) is 0 Å². The van der Waals surface area contributed by atoms with Gasteiger partial charge in [0.15, 0.2) is 0 Å². The summed E-state index contributed by atoms with van der Waals surface area (Å²) < 4.78 is 10.8. The molecule has 1 aliphatic heterocycles. The SMILES string of the molecule is CC(C(=O)O)C1CN(C(=O)COCCNC(=O)OCC2c3ccccc3-c3ccccc32)C1. The summed E-state index contributed by atoms with van der Waals surface area (Å²) in [5, 5.41) is 11.6. The molecule has 1 atom stereocenters. The van der Waals surface area contributed by atoms with Crippen molar-refractivity contribution in [3.8, 4) is 11.1 Å². The average molecular weight is 453 g/mol. The van der Waals surface area contributed by atoms with Crippen LogP contribution in [0.25, 0.3) is 11.1 Å². The molecular formula is C25H28N2O6. The number of fused-ring (bicyclic) bond motifs is 3. The predicted octanol–water partition coefficient (Wildman–Crippen LogP) is 2.72. The van der Waals surface area contributed by atoms with E-state index >= 15 is 0 Å². The molecule has 33 heavy (non-hydrogen) atoms. The number of ether oxygens (including phenoxy) is 2. The van der Waals surface area contributed by atoms with Crippen molar-refractivity contribution >= 4 is 18.0 Å². The lowest BCUT2D eigenvalue weighted by molar-refractivity contribution is -0.152. The highest BCUT2D eigenvalue weighted by molar-refractivity contribution is 5.79. The highest BCUT2D eigenvalue weighted by Gasteiger charge is 2.37. The van der Waals surface area contributed by atoms with Crippen molar-refractivity contribution in [2.45, 2.75) is 12.8 Å². The number of carbonyl (C=O) groups is 3. The van der Waals surface area contributed by atoms with E-state index in [1.807, 2.05) is 24.3 Å². The van der Waals surface area contributed by atoms with Crippen molar-refractivity contribution in [3.63, 3.8) is 0 Å². The van der Waals surface area contributed by atoms with Gasteiger partial charge in [-0.2, -0.15) is 0 Å². The largest absolute Gasteiger partial charge is 0.481 e. The van der Waals surface area contributed by atoms with Crippen LogP contribution >= 0.6 is 0 Å². The molecule has 2 aromatic rings. The Labute approximate surface area is 192 Å². The lowest BCUT2D eigenvalue weighted by atomic mass is 9.87. The number of rotatable bonds is 9. The second kappa shape index (κ2) is 10.0. The highest BCUT2D eigenvalue weighted by atomic mass is 16.5. The first-order valence-corrected chi connectivity index (χ1v) is 11.1. The molecule has 0 aromatic heterocycles. The van der Waals surface area contributed by atoms with Crippen LogP contribution in [0.3, 0.4) is 0 Å². The molecule has 1 unspecified atom stereocenters. The summed E-state index contributed by atoms with van der Waals surface area (Å²) >= 11 is 0. The minimum absolute atomic E-state index is 0.00113. The van der Waals surface area contributed by atoms with Crippen LogP contribution in [-0.2, 0) is 19.1 Å². The smallest absolute Gasteiger partial charge is 0.407 e. The molecule has 8 nitrogen and oxygen atoms in total. The van der Waals surface area contributed by atoms with Crippen molar-refractivity contribution < 1.29 is 29.0 Å². The Bertz CT molecular complexity index is 988. The predicted molar refractivity (Wildman–Crippen MR) is 121 cm³/mol. The van der Waals surface area contributed by atoms with Gasteiger partial charge < -0.3 is 24.8 Å². The lowest BCUT2D eigenvalue weighted by Crippen LogP contribution is -2.54. The van der Waals surface area contributed by atoms with Gasteiger partial charge in [0.05, 0.1) is 12.5 Å². The zero-order chi connectivity index (χ0) is 23.4. The number of hydrogen-bond donors (Lipinski definition) is 2. The maximum absolute atomic E-state index is 12.1. The number of hydrogen-bond acceptors (Lipinski definition) is 5. The molecular weight excluding hydrogens is 424 g/mol. The maximum atomic E-state index is 12.1. The second-order valence-electron chi connectivity index (χ2n) is 8.49. The Morgan fingerprint density at radius 1 is 1.06 bits per heavy atom. The van der Waals surface area contributed by atoms with Crippen molar-refractivity contribution in [1.29, 1.82) is 0 Å². The third kappa shape index (κ3) is 5.01. The number of likely N-dealkylation sites (tertiary alicyclic amines) is 1. The first kappa shape index (κ1) is 22.8. The summed E-state index contributed by atoms with van der Waals surface area (Å²) in [5.74, 6) is -1.49. The molecule has 2 aliphatic rings. The van der Waals surface area contributed by atoms with E-state index in [1.165, 1.54) is 11.1 Å². The first-order valence-electron chi connectivity index (χ1n) is 11.1. The first-order chi connectivity index (χ1) is 16.0. The van der Waals surface area contributed by atoms with E-state index < -0.39 is 18.0 Å². The summed E-state index contributed by atoms with van der Waals surface area (Å²) in [4.78, 5) is 36.7. The number of carboxylic acids is 1. The van der Waals surface area contributed by atoms with Crippen molar-refractivity contribution in [2.24, 2.45) is 11.8 Å². The van der Waals surface area contributed by atoms with E-state index in [0.717, 1.165) is 11.1 Å². The van der Waals surface area contributed by atoms with Crippen LogP contribution in [0.4, 0.5) is 4.79 Å². The molecule has 0 bridgehead atoms. The van der Waals surface area contributed by atoms with Gasteiger partial charge in [0, 0.05) is 31.5 Å². The molecule has 2 N–H and O–H groups in total. The molecule has 0 radical (unpaired) electrons. The van der Waals surface area contributed by atoms with Crippen LogP contribution in [0.5, 0.6) is 0 Å². The lowest BCUT2D eigenvalue weighted by Gasteiger charge is -2.41. The van der Waals surface area contributed by atoms with Crippen LogP contribution in [0, 0.1) is 11.8 Å². The molecule has 0 saturated carbocycles. The van der Waals surface area contributed by atoms with E-state index in [-0.39, 0.29) is 44.1 Å². The fourth-order valence-corrected chi connectivity index (χ4v) is 4.36. The van der Waals surface area contributed by atoms with Crippen molar-refractivity contribution in [1.82, 2.24) is 10.2 Å². The number of alkyl carbamates (subject to hydrolysis) is 1. The molecule has 1 saturated heterocycles. The van der Waals surface area contributed by atoms with Crippen LogP contribution in [0.1, 0.15) is 24.0 Å². The third-order valence-electron chi connectivity index (χ3n) is 6.44. The molecule has 1 heterocycles. The Kier molecular flexibility index (Phi) is 6.93. The number of carboxylic acid groups (broad SMARTS) is 1. The third-order valence-corrected chi connectivity index (χ3v) is 6.44. The molecule has 4 rings (SSSR count). The fraction of sp³-hybridized carbons (Fsp3) is 0.400. The topological polar surface area (TPSA) is 105 Å². The maximum Gasteiger partial charge on any atom is 0.407 e. The Hall–Kier alpha value is -3.39. The summed E-state index contributed by atoms with van der Waals surface area (Å²) in [6, 6.07) is 16.3. The molecule has 2 amide bonds. The van der Waals surface area contributed by atoms with Gasteiger partial charge in [-0.1, -0.05) is 55.5 Å². The number of nitrogens with zero attached hydrogens (tertiary/aromatic N) is 1. The van der Waals surface area contributed by atoms with Gasteiger partial charge in [0.2, 0.25) is 5.91 Å². The quantitative estimate of drug-likeness (QED) is 0.567. The van der Waals surface area contributed by atoms with E-state index in [2.05, 4.69) is 29.6 Å². The summed E-state index contributed by atoms with van der Waals surface area (Å²) in [7, 11) is 0. The molecule has 2 aromatic carbocycles. The summed E-state index contributed by atoms with van der Waals surface area (Å²) in [5.41, 5.74) is 4.65. The van der Waals surface area contributed by atoms with Gasteiger partial charge in [-0.05, 0) is 22.3 Å². The molecule has 0 spiro atoms. The van der Waals surface area contributed by atoms with Gasteiger partial charge in [0.1, 0.15) is 13.2 Å². The normalized spacial score (nSPS) is 15.8. The Morgan fingerprint density at radius 3 is 2.27 bits per heavy atom. The van der Waals surface area contributed by atoms with Gasteiger partial charge >= 0.3 is 12.1 Å². The molecule has 1 aliphatic carbocycles. The van der Waals surface area contributed by atoms with E-state index in [1.54, 1.807) is 11.8 Å². The van der Waals surface area contributed by atoms with Gasteiger partial charge in [-0.3, -0.25) is 9.59 Å². The number of amides is 2. The number of benzene rings is 2. The van der Waals surface area contributed by atoms with Crippen LogP contribution in [-0.4, -0.2) is 67.4 Å². The molecule has 1 fully saturated rings. The highest BCUT2D eigenvalue weighted by Crippen LogP contribution is 2.44. The zero-order valence-corrected chi connectivity index (χ0v) is 18.5. The molecule has 8 heteroatoms. The Morgan fingerprint density at radius 2 is 1.67 bits per heavy atom. The van der Waals surface area contributed by atoms with Gasteiger partial charge in [-0.15, -0.1) is 0 Å². The zero-order valence-electron chi connectivity index (χ0n) is 18.5. The van der Waals surface area contributed by atoms with Crippen molar-refractivity contribution in [2.75, 3.05) is 39.5 Å². The van der Waals surface area contributed by atoms with Crippen LogP contribution < -0.4 is 5.32 Å². The standard InChI is InChI=1S/C25H28N2O6/c1-16(24(29)30)17-12-27(13-17)23(28)15-32-11-10-26-25(31)33-14-22-20-8-4-2-6-18(20)19-7-3-5-9-21(19)22/h2-9,16-17,22H,10-15H2,1H3,(H,26,31)(H,29,30). The molecule has 174 valence electrons. The average Bonchev–Trinajstić information content (AvgIpc) is 3.10. The minimum Gasteiger partial charge on any atom is -0.481 e. The number of carbonyl (C=O) groups excluding carboxylic acids is 2. The fourth-order valence-electron chi connectivity index (χ4n) is 4.36. The summed E-state index contributed by atoms with van der Waals surface area (Å²) in [6.45, 7) is 3.08. The van der Waals surface area contributed by atoms with Crippen molar-refractivity contribution in [3.05, 3.63) is 59.7 Å². The number of aliphatic carboxylic acids is 1. The number of nitrogens with one attached hydrogen (secondary N) is 1. The second-order valence-corrected chi connectivity index (χ2v) is 8.49. The Balaban J connectivity index is 1.14. The monoisotopic (exact) mass is 452 g/mol. The van der Waals surface area contributed by atoms with Crippen LogP contribution in [0.15, 0.2) is 48.5 Å². The van der Waals surface area contributed by atoms with Gasteiger partial charge in [-0.25, -0.2) is 4.79 Å². The van der Waals surface area contributed by atoms with Crippen LogP contribution in [0.2, 0.25) is 0 Å². The summed E-state index contributed by atoms with van der Waals surface area (Å²) in [6.07, 6.45) is -0.528. The van der Waals surface area contributed by atoms with E-state index in [4.69, 9.17) is 14.6 Å².